The number of para-hydroxylation sites is 1. The minimum absolute atomic E-state index is 0.0792. The predicted octanol–water partition coefficient (Wildman–Crippen LogP) is 0.615. The van der Waals surface area contributed by atoms with Crippen LogP contribution < -0.4 is 20.7 Å². The maximum absolute atomic E-state index is 12.1. The first kappa shape index (κ1) is 14.4. The van der Waals surface area contributed by atoms with Crippen LogP contribution >= 0.6 is 0 Å². The SMILES string of the molecule is O=C(CC[C@@H]1NC(=O)NC1=O)N[C@@H]1CCOc2ccccc21. The van der Waals surface area contributed by atoms with Crippen molar-refractivity contribution in [3.8, 4) is 5.75 Å². The van der Waals surface area contributed by atoms with Crippen LogP contribution in [-0.2, 0) is 9.59 Å². The highest BCUT2D eigenvalue weighted by Gasteiger charge is 2.30. The predicted molar refractivity (Wildman–Crippen MR) is 77.1 cm³/mol. The van der Waals surface area contributed by atoms with Gasteiger partial charge < -0.3 is 15.4 Å². The third-order valence-corrected chi connectivity index (χ3v) is 3.81. The smallest absolute Gasteiger partial charge is 0.322 e. The van der Waals surface area contributed by atoms with Gasteiger partial charge >= 0.3 is 6.03 Å². The number of imide groups is 1. The van der Waals surface area contributed by atoms with E-state index in [1.165, 1.54) is 0 Å². The summed E-state index contributed by atoms with van der Waals surface area (Å²) in [7, 11) is 0. The van der Waals surface area contributed by atoms with Gasteiger partial charge in [-0.25, -0.2) is 4.79 Å². The van der Waals surface area contributed by atoms with E-state index >= 15 is 0 Å². The van der Waals surface area contributed by atoms with E-state index in [4.69, 9.17) is 4.74 Å². The summed E-state index contributed by atoms with van der Waals surface area (Å²) in [6.45, 7) is 0.559. The maximum atomic E-state index is 12.1. The van der Waals surface area contributed by atoms with Gasteiger partial charge in [0.2, 0.25) is 5.91 Å². The molecule has 0 aromatic heterocycles. The van der Waals surface area contributed by atoms with E-state index in [9.17, 15) is 14.4 Å². The summed E-state index contributed by atoms with van der Waals surface area (Å²) in [5.41, 5.74) is 0.967. The van der Waals surface area contributed by atoms with Crippen molar-refractivity contribution in [2.24, 2.45) is 0 Å². The fourth-order valence-corrected chi connectivity index (χ4v) is 2.70. The minimum atomic E-state index is -0.625. The molecule has 0 bridgehead atoms. The molecule has 7 nitrogen and oxygen atoms in total. The Bertz CT molecular complexity index is 617. The summed E-state index contributed by atoms with van der Waals surface area (Å²) >= 11 is 0. The molecule has 2 aliphatic heterocycles. The van der Waals surface area contributed by atoms with E-state index in [0.29, 0.717) is 13.0 Å². The highest BCUT2D eigenvalue weighted by atomic mass is 16.5. The van der Waals surface area contributed by atoms with E-state index in [0.717, 1.165) is 11.3 Å². The number of carbonyl (C=O) groups excluding carboxylic acids is 3. The van der Waals surface area contributed by atoms with Crippen molar-refractivity contribution in [1.29, 1.82) is 0 Å². The van der Waals surface area contributed by atoms with Crippen LogP contribution in [0.25, 0.3) is 0 Å². The van der Waals surface area contributed by atoms with Crippen LogP contribution in [0.2, 0.25) is 0 Å². The van der Waals surface area contributed by atoms with Gasteiger partial charge in [0.05, 0.1) is 12.6 Å². The number of hydrogen-bond acceptors (Lipinski definition) is 4. The lowest BCUT2D eigenvalue weighted by Gasteiger charge is -2.26. The third-order valence-electron chi connectivity index (χ3n) is 3.81. The van der Waals surface area contributed by atoms with Crippen molar-refractivity contribution >= 4 is 17.8 Å². The number of benzene rings is 1. The first-order valence-electron chi connectivity index (χ1n) is 7.26. The number of rotatable bonds is 4. The molecule has 1 aromatic rings. The first-order valence-corrected chi connectivity index (χ1v) is 7.26. The summed E-state index contributed by atoms with van der Waals surface area (Å²) in [5.74, 6) is 0.270. The number of fused-ring (bicyclic) bond motifs is 1. The van der Waals surface area contributed by atoms with Crippen molar-refractivity contribution in [3.63, 3.8) is 0 Å². The van der Waals surface area contributed by atoms with E-state index in [-0.39, 0.29) is 30.7 Å². The molecule has 1 saturated heterocycles. The first-order chi connectivity index (χ1) is 10.6. The quantitative estimate of drug-likeness (QED) is 0.710. The van der Waals surface area contributed by atoms with Crippen LogP contribution in [0.1, 0.15) is 30.9 Å². The molecule has 0 spiro atoms. The molecular weight excluding hydrogens is 286 g/mol. The molecule has 116 valence electrons. The maximum Gasteiger partial charge on any atom is 0.322 e. The second-order valence-electron chi connectivity index (χ2n) is 5.35. The largest absolute Gasteiger partial charge is 0.493 e. The molecule has 0 aliphatic carbocycles. The average molecular weight is 303 g/mol. The Balaban J connectivity index is 1.54. The van der Waals surface area contributed by atoms with Gasteiger partial charge in [-0.3, -0.25) is 14.9 Å². The Labute approximate surface area is 127 Å². The molecular formula is C15H17N3O4. The molecule has 0 saturated carbocycles. The highest BCUT2D eigenvalue weighted by molar-refractivity contribution is 6.04. The van der Waals surface area contributed by atoms with Crippen molar-refractivity contribution < 1.29 is 19.1 Å². The molecule has 2 atom stereocenters. The molecule has 1 fully saturated rings. The van der Waals surface area contributed by atoms with Gasteiger partial charge in [0.1, 0.15) is 11.8 Å². The van der Waals surface area contributed by atoms with E-state index in [2.05, 4.69) is 16.0 Å². The van der Waals surface area contributed by atoms with Crippen molar-refractivity contribution in [3.05, 3.63) is 29.8 Å². The van der Waals surface area contributed by atoms with Gasteiger partial charge in [-0.15, -0.1) is 0 Å². The number of carbonyl (C=O) groups is 3. The standard InChI is InChI=1S/C15H17N3O4/c19-13(6-5-11-14(20)18-15(21)17-11)16-10-7-8-22-12-4-2-1-3-9(10)12/h1-4,10-11H,5-8H2,(H,16,19)(H2,17,18,20,21)/t10-,11+/m1/s1. The molecule has 22 heavy (non-hydrogen) atoms. The fourth-order valence-electron chi connectivity index (χ4n) is 2.70. The Morgan fingerprint density at radius 1 is 1.32 bits per heavy atom. The molecule has 0 unspecified atom stereocenters. The zero-order valence-electron chi connectivity index (χ0n) is 11.9. The zero-order valence-corrected chi connectivity index (χ0v) is 11.9. The van der Waals surface area contributed by atoms with Gasteiger partial charge in [0, 0.05) is 18.4 Å². The summed E-state index contributed by atoms with van der Waals surface area (Å²) in [5, 5.41) is 7.59. The highest BCUT2D eigenvalue weighted by Crippen LogP contribution is 2.31. The lowest BCUT2D eigenvalue weighted by atomic mass is 10.00. The van der Waals surface area contributed by atoms with Gasteiger partial charge in [-0.1, -0.05) is 18.2 Å². The molecule has 4 amide bonds. The summed E-state index contributed by atoms with van der Waals surface area (Å²) in [4.78, 5) is 34.5. The zero-order chi connectivity index (χ0) is 15.5. The van der Waals surface area contributed by atoms with E-state index in [1.807, 2.05) is 24.3 Å². The second kappa shape index (κ2) is 6.05. The summed E-state index contributed by atoms with van der Waals surface area (Å²) < 4.78 is 5.55. The van der Waals surface area contributed by atoms with Crippen molar-refractivity contribution in [2.75, 3.05) is 6.61 Å². The van der Waals surface area contributed by atoms with Crippen LogP contribution in [0.15, 0.2) is 24.3 Å². The number of urea groups is 1. The van der Waals surface area contributed by atoms with Gasteiger partial charge in [0.25, 0.3) is 5.91 Å². The molecule has 2 aliphatic rings. The number of nitrogens with one attached hydrogen (secondary N) is 3. The summed E-state index contributed by atoms with van der Waals surface area (Å²) in [6, 6.07) is 6.41. The topological polar surface area (TPSA) is 96.5 Å². The average Bonchev–Trinajstić information content (AvgIpc) is 2.83. The van der Waals surface area contributed by atoms with Crippen LogP contribution in [0.4, 0.5) is 4.79 Å². The van der Waals surface area contributed by atoms with Gasteiger partial charge in [0.15, 0.2) is 0 Å². The Morgan fingerprint density at radius 2 is 2.14 bits per heavy atom. The molecule has 3 N–H and O–H groups in total. The van der Waals surface area contributed by atoms with Crippen LogP contribution in [0.3, 0.4) is 0 Å². The van der Waals surface area contributed by atoms with Crippen LogP contribution in [-0.4, -0.2) is 30.5 Å². The molecule has 1 aromatic carbocycles. The van der Waals surface area contributed by atoms with E-state index in [1.54, 1.807) is 0 Å². The Hall–Kier alpha value is -2.57. The third kappa shape index (κ3) is 3.03. The number of hydrogen-bond donors (Lipinski definition) is 3. The molecule has 2 heterocycles. The number of ether oxygens (including phenoxy) is 1. The van der Waals surface area contributed by atoms with Crippen molar-refractivity contribution in [1.82, 2.24) is 16.0 Å². The monoisotopic (exact) mass is 303 g/mol. The normalized spacial score (nSPS) is 23.1. The fraction of sp³-hybridized carbons (Fsp3) is 0.400. The minimum Gasteiger partial charge on any atom is -0.493 e. The lowest BCUT2D eigenvalue weighted by Crippen LogP contribution is -2.34. The molecule has 3 rings (SSSR count). The van der Waals surface area contributed by atoms with Crippen molar-refractivity contribution in [2.45, 2.75) is 31.3 Å². The Kier molecular flexibility index (Phi) is 3.95. The Morgan fingerprint density at radius 3 is 2.91 bits per heavy atom. The van der Waals surface area contributed by atoms with Crippen LogP contribution in [0, 0.1) is 0 Å². The lowest BCUT2D eigenvalue weighted by molar-refractivity contribution is -0.122. The molecule has 7 heteroatoms. The summed E-state index contributed by atoms with van der Waals surface area (Å²) in [6.07, 6.45) is 1.18. The van der Waals surface area contributed by atoms with E-state index < -0.39 is 12.1 Å². The second-order valence-corrected chi connectivity index (χ2v) is 5.35. The number of amides is 4. The molecule has 0 radical (unpaired) electrons. The van der Waals surface area contributed by atoms with Gasteiger partial charge in [-0.2, -0.15) is 0 Å². The van der Waals surface area contributed by atoms with Crippen LogP contribution in [0.5, 0.6) is 5.75 Å². The van der Waals surface area contributed by atoms with Gasteiger partial charge in [-0.05, 0) is 12.5 Å².